The van der Waals surface area contributed by atoms with Gasteiger partial charge in [-0.2, -0.15) is 0 Å². The van der Waals surface area contributed by atoms with Crippen molar-refractivity contribution in [2.24, 2.45) is 0 Å². The summed E-state index contributed by atoms with van der Waals surface area (Å²) in [7, 11) is -3.74. The Morgan fingerprint density at radius 3 is 2.60 bits per heavy atom. The highest BCUT2D eigenvalue weighted by atomic mass is 35.5. The monoisotopic (exact) mass is 311 g/mol. The Kier molecular flexibility index (Phi) is 3.87. The van der Waals surface area contributed by atoms with Crippen molar-refractivity contribution >= 4 is 33.1 Å². The van der Waals surface area contributed by atoms with E-state index in [0.29, 0.717) is 5.69 Å². The molecule has 0 fully saturated rings. The van der Waals surface area contributed by atoms with E-state index in [1.54, 1.807) is 6.07 Å². The molecular weight excluding hydrogens is 298 g/mol. The molecule has 20 heavy (non-hydrogen) atoms. The molecule has 0 aliphatic heterocycles. The first-order chi connectivity index (χ1) is 9.29. The summed E-state index contributed by atoms with van der Waals surface area (Å²) in [6.45, 7) is 3.71. The molecule has 0 amide bonds. The Labute approximate surface area is 122 Å². The van der Waals surface area contributed by atoms with Crippen LogP contribution in [-0.2, 0) is 10.0 Å². The van der Waals surface area contributed by atoms with Crippen LogP contribution in [0.3, 0.4) is 0 Å². The SMILES string of the molecule is Cc1ccc(C)c(NS(=O)(=O)c2cnc(N)c(Cl)c2)c1. The summed E-state index contributed by atoms with van der Waals surface area (Å²) < 4.78 is 27.1. The number of aryl methyl sites for hydroxylation is 2. The molecular formula is C13H14ClN3O2S. The fraction of sp³-hybridized carbons (Fsp3) is 0.154. The molecule has 0 bridgehead atoms. The van der Waals surface area contributed by atoms with Crippen LogP contribution in [0.15, 0.2) is 35.4 Å². The Hall–Kier alpha value is -1.79. The third-order valence-electron chi connectivity index (χ3n) is 2.79. The molecule has 0 unspecified atom stereocenters. The quantitative estimate of drug-likeness (QED) is 0.912. The molecule has 0 radical (unpaired) electrons. The average molecular weight is 312 g/mol. The molecule has 106 valence electrons. The van der Waals surface area contributed by atoms with Gasteiger partial charge in [0.1, 0.15) is 10.7 Å². The van der Waals surface area contributed by atoms with Crippen molar-refractivity contribution in [2.45, 2.75) is 18.7 Å². The van der Waals surface area contributed by atoms with Crippen LogP contribution in [-0.4, -0.2) is 13.4 Å². The lowest BCUT2D eigenvalue weighted by molar-refractivity contribution is 0.601. The number of nitrogens with one attached hydrogen (secondary N) is 1. The van der Waals surface area contributed by atoms with Crippen molar-refractivity contribution in [3.63, 3.8) is 0 Å². The van der Waals surface area contributed by atoms with E-state index in [1.807, 2.05) is 26.0 Å². The van der Waals surface area contributed by atoms with Gasteiger partial charge >= 0.3 is 0 Å². The Bertz CT molecular complexity index is 760. The fourth-order valence-electron chi connectivity index (χ4n) is 1.63. The number of pyridine rings is 1. The van der Waals surface area contributed by atoms with Crippen molar-refractivity contribution in [3.8, 4) is 0 Å². The zero-order valence-corrected chi connectivity index (χ0v) is 12.6. The van der Waals surface area contributed by atoms with E-state index in [0.717, 1.165) is 11.1 Å². The van der Waals surface area contributed by atoms with Crippen LogP contribution in [0.25, 0.3) is 0 Å². The van der Waals surface area contributed by atoms with Crippen molar-refractivity contribution in [2.75, 3.05) is 10.5 Å². The van der Waals surface area contributed by atoms with Gasteiger partial charge < -0.3 is 5.73 Å². The van der Waals surface area contributed by atoms with Gasteiger partial charge in [0.15, 0.2) is 0 Å². The van der Waals surface area contributed by atoms with Crippen LogP contribution in [0, 0.1) is 13.8 Å². The van der Waals surface area contributed by atoms with Gasteiger partial charge in [-0.05, 0) is 37.1 Å². The second-order valence-corrected chi connectivity index (χ2v) is 6.55. The van der Waals surface area contributed by atoms with Crippen LogP contribution >= 0.6 is 11.6 Å². The van der Waals surface area contributed by atoms with Gasteiger partial charge in [0.25, 0.3) is 10.0 Å². The number of aromatic nitrogens is 1. The van der Waals surface area contributed by atoms with E-state index in [-0.39, 0.29) is 15.7 Å². The summed E-state index contributed by atoms with van der Waals surface area (Å²) in [5.41, 5.74) is 7.78. The molecule has 2 rings (SSSR count). The number of benzene rings is 1. The van der Waals surface area contributed by atoms with Crippen LogP contribution in [0.4, 0.5) is 11.5 Å². The molecule has 2 aromatic rings. The Morgan fingerprint density at radius 2 is 1.95 bits per heavy atom. The number of hydrogen-bond donors (Lipinski definition) is 2. The second-order valence-electron chi connectivity index (χ2n) is 4.46. The fourth-order valence-corrected chi connectivity index (χ4v) is 2.95. The summed E-state index contributed by atoms with van der Waals surface area (Å²) in [5, 5.41) is 0.105. The molecule has 7 heteroatoms. The third-order valence-corrected chi connectivity index (χ3v) is 4.43. The molecule has 5 nitrogen and oxygen atoms in total. The molecule has 1 heterocycles. The van der Waals surface area contributed by atoms with E-state index >= 15 is 0 Å². The first-order valence-corrected chi connectivity index (χ1v) is 7.67. The van der Waals surface area contributed by atoms with Crippen molar-refractivity contribution in [3.05, 3.63) is 46.6 Å². The normalized spacial score (nSPS) is 11.3. The highest BCUT2D eigenvalue weighted by Gasteiger charge is 2.17. The maximum Gasteiger partial charge on any atom is 0.263 e. The Balaban J connectivity index is 2.40. The van der Waals surface area contributed by atoms with Crippen LogP contribution in [0.2, 0.25) is 5.02 Å². The van der Waals surface area contributed by atoms with E-state index in [9.17, 15) is 8.42 Å². The lowest BCUT2D eigenvalue weighted by Gasteiger charge is -2.11. The predicted octanol–water partition coefficient (Wildman–Crippen LogP) is 2.73. The number of rotatable bonds is 3. The molecule has 0 saturated heterocycles. The number of nitrogens with zero attached hydrogens (tertiary/aromatic N) is 1. The second kappa shape index (κ2) is 5.30. The third kappa shape index (κ3) is 3.02. The van der Waals surface area contributed by atoms with Crippen LogP contribution in [0.5, 0.6) is 0 Å². The maximum atomic E-state index is 12.3. The number of hydrogen-bond acceptors (Lipinski definition) is 4. The molecule has 1 aromatic carbocycles. The minimum absolute atomic E-state index is 0.0300. The summed E-state index contributed by atoms with van der Waals surface area (Å²) in [6, 6.07) is 6.80. The van der Waals surface area contributed by atoms with Gasteiger partial charge in [-0.1, -0.05) is 23.7 Å². The molecule has 0 aliphatic carbocycles. The summed E-state index contributed by atoms with van der Waals surface area (Å²) in [5.74, 6) is 0.0948. The van der Waals surface area contributed by atoms with Crippen molar-refractivity contribution < 1.29 is 8.42 Å². The highest BCUT2D eigenvalue weighted by molar-refractivity contribution is 7.92. The number of nitrogen functional groups attached to an aromatic ring is 1. The smallest absolute Gasteiger partial charge is 0.263 e. The molecule has 0 atom stereocenters. The molecule has 3 N–H and O–H groups in total. The summed E-state index contributed by atoms with van der Waals surface area (Å²) in [6.07, 6.45) is 1.18. The van der Waals surface area contributed by atoms with E-state index in [1.165, 1.54) is 12.3 Å². The van der Waals surface area contributed by atoms with E-state index < -0.39 is 10.0 Å². The van der Waals surface area contributed by atoms with Crippen LogP contribution < -0.4 is 10.5 Å². The predicted molar refractivity (Wildman–Crippen MR) is 80.4 cm³/mol. The average Bonchev–Trinajstić information content (AvgIpc) is 2.36. The number of anilines is 2. The maximum absolute atomic E-state index is 12.3. The van der Waals surface area contributed by atoms with Gasteiger partial charge in [0, 0.05) is 6.20 Å². The standard InChI is InChI=1S/C13H14ClN3O2S/c1-8-3-4-9(2)12(5-8)17-20(18,19)10-6-11(14)13(15)16-7-10/h3-7,17H,1-2H3,(H2,15,16). The zero-order chi connectivity index (χ0) is 14.9. The Morgan fingerprint density at radius 1 is 1.25 bits per heavy atom. The van der Waals surface area contributed by atoms with Crippen molar-refractivity contribution in [1.82, 2.24) is 4.98 Å². The summed E-state index contributed by atoms with van der Waals surface area (Å²) in [4.78, 5) is 3.72. The van der Waals surface area contributed by atoms with Crippen molar-refractivity contribution in [1.29, 1.82) is 0 Å². The minimum atomic E-state index is -3.74. The van der Waals surface area contributed by atoms with E-state index in [2.05, 4.69) is 9.71 Å². The molecule has 0 spiro atoms. The van der Waals surface area contributed by atoms with Gasteiger partial charge in [-0.25, -0.2) is 13.4 Å². The highest BCUT2D eigenvalue weighted by Crippen LogP contribution is 2.24. The van der Waals surface area contributed by atoms with Gasteiger partial charge in [0.2, 0.25) is 0 Å². The first kappa shape index (κ1) is 14.6. The number of halogens is 1. The minimum Gasteiger partial charge on any atom is -0.382 e. The lowest BCUT2D eigenvalue weighted by atomic mass is 10.1. The zero-order valence-electron chi connectivity index (χ0n) is 11.0. The topological polar surface area (TPSA) is 85.1 Å². The summed E-state index contributed by atoms with van der Waals surface area (Å²) >= 11 is 5.80. The number of sulfonamides is 1. The van der Waals surface area contributed by atoms with Gasteiger partial charge in [-0.3, -0.25) is 4.72 Å². The molecule has 0 saturated carbocycles. The molecule has 1 aromatic heterocycles. The van der Waals surface area contributed by atoms with E-state index in [4.69, 9.17) is 17.3 Å². The first-order valence-electron chi connectivity index (χ1n) is 5.81. The largest absolute Gasteiger partial charge is 0.382 e. The number of nitrogens with two attached hydrogens (primary N) is 1. The van der Waals surface area contributed by atoms with Gasteiger partial charge in [0.05, 0.1) is 10.7 Å². The lowest BCUT2D eigenvalue weighted by Crippen LogP contribution is -2.14. The van der Waals surface area contributed by atoms with Crippen LogP contribution in [0.1, 0.15) is 11.1 Å². The molecule has 0 aliphatic rings. The van der Waals surface area contributed by atoms with Gasteiger partial charge in [-0.15, -0.1) is 0 Å².